The molecule has 0 saturated heterocycles. The van der Waals surface area contributed by atoms with E-state index >= 15 is 0 Å². The summed E-state index contributed by atoms with van der Waals surface area (Å²) in [5.41, 5.74) is 4.36. The molecule has 0 heterocycles. The number of nitrogens with one attached hydrogen (secondary N) is 1. The Bertz CT molecular complexity index is 1180. The predicted octanol–water partition coefficient (Wildman–Crippen LogP) is 5.18. The average Bonchev–Trinajstić information content (AvgIpc) is 2.83. The number of carbonyl (C=O) groups excluding carboxylic acids is 2. The zero-order valence-corrected chi connectivity index (χ0v) is 19.8. The fraction of sp³-hybridized carbons (Fsp3) is 0.192. The van der Waals surface area contributed by atoms with Crippen molar-refractivity contribution in [3.8, 4) is 17.2 Å². The van der Waals surface area contributed by atoms with Crippen molar-refractivity contribution < 1.29 is 23.8 Å². The second-order valence-electron chi connectivity index (χ2n) is 7.30. The smallest absolute Gasteiger partial charge is 0.343 e. The summed E-state index contributed by atoms with van der Waals surface area (Å²) in [6.45, 7) is 5.68. The lowest BCUT2D eigenvalue weighted by molar-refractivity contribution is -0.127. The van der Waals surface area contributed by atoms with Crippen molar-refractivity contribution in [3.63, 3.8) is 0 Å². The van der Waals surface area contributed by atoms with Crippen molar-refractivity contribution >= 4 is 29.7 Å². The standard InChI is InChI=1S/C26H25ClN2O5/c1-4-32-24-15-19(10-12-23(24)34-26(31)20-8-6-5-7-9-20)16-28-29-25(30)18(3)33-22-13-11-21(27)14-17(22)2/h5-16,18H,4H2,1-3H3,(H,29,30)/b28-16+. The SMILES string of the molecule is CCOc1cc(/C=N/NC(=O)C(C)Oc2ccc(Cl)cc2C)ccc1OC(=O)c1ccccc1. The van der Waals surface area contributed by atoms with E-state index in [9.17, 15) is 9.59 Å². The van der Waals surface area contributed by atoms with Gasteiger partial charge in [-0.15, -0.1) is 0 Å². The Morgan fingerprint density at radius 2 is 1.76 bits per heavy atom. The number of nitrogens with zero attached hydrogens (tertiary/aromatic N) is 1. The van der Waals surface area contributed by atoms with Crippen molar-refractivity contribution in [2.24, 2.45) is 5.10 Å². The molecule has 0 aliphatic carbocycles. The van der Waals surface area contributed by atoms with Crippen molar-refractivity contribution in [1.29, 1.82) is 0 Å². The van der Waals surface area contributed by atoms with E-state index in [1.807, 2.05) is 19.9 Å². The minimum absolute atomic E-state index is 0.289. The minimum atomic E-state index is -0.768. The number of hydrogen-bond acceptors (Lipinski definition) is 6. The highest BCUT2D eigenvalue weighted by Gasteiger charge is 2.16. The van der Waals surface area contributed by atoms with E-state index in [1.165, 1.54) is 6.21 Å². The van der Waals surface area contributed by atoms with Crippen LogP contribution < -0.4 is 19.6 Å². The Morgan fingerprint density at radius 1 is 1.03 bits per heavy atom. The zero-order chi connectivity index (χ0) is 24.5. The van der Waals surface area contributed by atoms with E-state index in [0.717, 1.165) is 5.56 Å². The molecule has 0 aliphatic rings. The molecule has 0 fully saturated rings. The van der Waals surface area contributed by atoms with Crippen LogP contribution in [0, 0.1) is 6.92 Å². The zero-order valence-electron chi connectivity index (χ0n) is 19.1. The molecule has 176 valence electrons. The summed E-state index contributed by atoms with van der Waals surface area (Å²) in [7, 11) is 0. The Morgan fingerprint density at radius 3 is 2.47 bits per heavy atom. The molecule has 1 N–H and O–H groups in total. The fourth-order valence-electron chi connectivity index (χ4n) is 2.94. The lowest BCUT2D eigenvalue weighted by Crippen LogP contribution is -2.33. The molecule has 0 saturated carbocycles. The van der Waals surface area contributed by atoms with Crippen LogP contribution in [0.3, 0.4) is 0 Å². The molecule has 0 bridgehead atoms. The summed E-state index contributed by atoms with van der Waals surface area (Å²) in [5, 5.41) is 4.59. The molecule has 0 aromatic heterocycles. The van der Waals surface area contributed by atoms with E-state index in [2.05, 4.69) is 10.5 Å². The monoisotopic (exact) mass is 480 g/mol. The molecule has 34 heavy (non-hydrogen) atoms. The summed E-state index contributed by atoms with van der Waals surface area (Å²) in [6.07, 6.45) is 0.694. The third-order valence-corrected chi connectivity index (χ3v) is 4.91. The summed E-state index contributed by atoms with van der Waals surface area (Å²) in [6, 6.07) is 18.8. The van der Waals surface area contributed by atoms with Gasteiger partial charge in [-0.25, -0.2) is 10.2 Å². The van der Waals surface area contributed by atoms with Gasteiger partial charge in [0.2, 0.25) is 0 Å². The van der Waals surface area contributed by atoms with Gasteiger partial charge in [-0.2, -0.15) is 5.10 Å². The van der Waals surface area contributed by atoms with Gasteiger partial charge in [0.15, 0.2) is 17.6 Å². The van der Waals surface area contributed by atoms with Crippen LogP contribution in [0.5, 0.6) is 17.2 Å². The van der Waals surface area contributed by atoms with Crippen molar-refractivity contribution in [2.75, 3.05) is 6.61 Å². The van der Waals surface area contributed by atoms with Crippen LogP contribution in [0.15, 0.2) is 71.8 Å². The van der Waals surface area contributed by atoms with Gasteiger partial charge in [-0.05, 0) is 80.4 Å². The van der Waals surface area contributed by atoms with Gasteiger partial charge in [0.25, 0.3) is 5.91 Å². The van der Waals surface area contributed by atoms with Gasteiger partial charge in [0, 0.05) is 5.02 Å². The van der Waals surface area contributed by atoms with Crippen LogP contribution in [0.25, 0.3) is 0 Å². The van der Waals surface area contributed by atoms with Crippen LogP contribution in [-0.4, -0.2) is 30.8 Å². The van der Waals surface area contributed by atoms with Gasteiger partial charge < -0.3 is 14.2 Å². The number of hydrazone groups is 1. The number of hydrogen-bond donors (Lipinski definition) is 1. The lowest BCUT2D eigenvalue weighted by atomic mass is 10.2. The molecule has 3 aromatic carbocycles. The van der Waals surface area contributed by atoms with Gasteiger partial charge in [0.05, 0.1) is 18.4 Å². The topological polar surface area (TPSA) is 86.2 Å². The van der Waals surface area contributed by atoms with E-state index in [1.54, 1.807) is 67.6 Å². The Balaban J connectivity index is 1.62. The molecule has 1 amide bonds. The number of rotatable bonds is 9. The van der Waals surface area contributed by atoms with Crippen LogP contribution in [0.2, 0.25) is 5.02 Å². The molecule has 1 unspecified atom stereocenters. The molecule has 0 aliphatic heterocycles. The largest absolute Gasteiger partial charge is 0.490 e. The number of halogens is 1. The molecular formula is C26H25ClN2O5. The van der Waals surface area contributed by atoms with Gasteiger partial charge in [-0.1, -0.05) is 29.8 Å². The Labute approximate surface area is 203 Å². The molecule has 8 heteroatoms. The molecule has 7 nitrogen and oxygen atoms in total. The highest BCUT2D eigenvalue weighted by atomic mass is 35.5. The van der Waals surface area contributed by atoms with Crippen molar-refractivity contribution in [3.05, 3.63) is 88.4 Å². The Kier molecular flexibility index (Phi) is 8.65. The van der Waals surface area contributed by atoms with Gasteiger partial charge >= 0.3 is 5.97 Å². The fourth-order valence-corrected chi connectivity index (χ4v) is 3.17. The van der Waals surface area contributed by atoms with E-state index in [4.69, 9.17) is 25.8 Å². The number of amides is 1. The average molecular weight is 481 g/mol. The molecule has 0 spiro atoms. The number of carbonyl (C=O) groups is 2. The van der Waals surface area contributed by atoms with Crippen molar-refractivity contribution in [2.45, 2.75) is 26.9 Å². The second kappa shape index (κ2) is 11.9. The highest BCUT2D eigenvalue weighted by Crippen LogP contribution is 2.29. The van der Waals surface area contributed by atoms with E-state index in [-0.39, 0.29) is 5.75 Å². The molecule has 1 atom stereocenters. The highest BCUT2D eigenvalue weighted by molar-refractivity contribution is 6.30. The summed E-state index contributed by atoms with van der Waals surface area (Å²) in [4.78, 5) is 24.7. The molecule has 3 aromatic rings. The summed E-state index contributed by atoms with van der Waals surface area (Å²) >= 11 is 5.95. The maximum absolute atomic E-state index is 12.4. The minimum Gasteiger partial charge on any atom is -0.490 e. The van der Waals surface area contributed by atoms with Crippen LogP contribution >= 0.6 is 11.6 Å². The van der Waals surface area contributed by atoms with E-state index < -0.39 is 18.0 Å². The number of ether oxygens (including phenoxy) is 3. The summed E-state index contributed by atoms with van der Waals surface area (Å²) in [5.74, 6) is 0.344. The third-order valence-electron chi connectivity index (χ3n) is 4.68. The van der Waals surface area contributed by atoms with Gasteiger partial charge in [0.1, 0.15) is 5.75 Å². The normalized spacial score (nSPS) is 11.6. The second-order valence-corrected chi connectivity index (χ2v) is 7.74. The maximum Gasteiger partial charge on any atom is 0.343 e. The number of esters is 1. The van der Waals surface area contributed by atoms with Gasteiger partial charge in [-0.3, -0.25) is 4.79 Å². The maximum atomic E-state index is 12.4. The lowest BCUT2D eigenvalue weighted by Gasteiger charge is -2.15. The molecule has 0 radical (unpaired) electrons. The van der Waals surface area contributed by atoms with E-state index in [0.29, 0.717) is 34.3 Å². The van der Waals surface area contributed by atoms with Crippen LogP contribution in [0.4, 0.5) is 0 Å². The number of benzene rings is 3. The van der Waals surface area contributed by atoms with Crippen molar-refractivity contribution in [1.82, 2.24) is 5.43 Å². The first-order chi connectivity index (χ1) is 16.4. The molecular weight excluding hydrogens is 456 g/mol. The first kappa shape index (κ1) is 24.8. The number of aryl methyl sites for hydroxylation is 1. The third kappa shape index (κ3) is 6.83. The van der Waals surface area contributed by atoms with Crippen LogP contribution in [-0.2, 0) is 4.79 Å². The predicted molar refractivity (Wildman–Crippen MR) is 131 cm³/mol. The quantitative estimate of drug-likeness (QED) is 0.197. The summed E-state index contributed by atoms with van der Waals surface area (Å²) < 4.78 is 16.8. The first-order valence-electron chi connectivity index (χ1n) is 10.7. The first-order valence-corrected chi connectivity index (χ1v) is 11.0. The van der Waals surface area contributed by atoms with Crippen LogP contribution in [0.1, 0.15) is 35.3 Å². The Hall–Kier alpha value is -3.84. The molecule has 3 rings (SSSR count).